The zero-order valence-electron chi connectivity index (χ0n) is 17.1. The summed E-state index contributed by atoms with van der Waals surface area (Å²) in [6.45, 7) is 6.81. The third-order valence-electron chi connectivity index (χ3n) is 4.58. The highest BCUT2D eigenvalue weighted by molar-refractivity contribution is 5.92. The molecule has 2 aromatic rings. The van der Waals surface area contributed by atoms with E-state index in [4.69, 9.17) is 4.74 Å². The number of para-hydroxylation sites is 1. The van der Waals surface area contributed by atoms with E-state index < -0.39 is 0 Å². The molecule has 5 heteroatoms. The van der Waals surface area contributed by atoms with Gasteiger partial charge in [0.1, 0.15) is 0 Å². The lowest BCUT2D eigenvalue weighted by atomic mass is 10.2. The summed E-state index contributed by atoms with van der Waals surface area (Å²) in [6, 6.07) is 12.4. The minimum Gasteiger partial charge on any atom is -0.383 e. The van der Waals surface area contributed by atoms with E-state index in [1.165, 1.54) is 0 Å². The smallest absolute Gasteiger partial charge is 0.246 e. The Labute approximate surface area is 162 Å². The molecule has 0 bridgehead atoms. The number of rotatable bonds is 9. The molecule has 0 atom stereocenters. The molecule has 0 N–H and O–H groups in total. The number of aryl methyl sites for hydroxylation is 1. The van der Waals surface area contributed by atoms with Gasteiger partial charge in [0.2, 0.25) is 5.91 Å². The Morgan fingerprint density at radius 3 is 2.44 bits per heavy atom. The number of carbonyl (C=O) groups excluding carboxylic acids is 1. The third-order valence-corrected chi connectivity index (χ3v) is 4.58. The van der Waals surface area contributed by atoms with Crippen LogP contribution in [-0.2, 0) is 9.53 Å². The van der Waals surface area contributed by atoms with E-state index in [1.54, 1.807) is 13.2 Å². The second-order valence-electron chi connectivity index (χ2n) is 6.95. The van der Waals surface area contributed by atoms with Crippen molar-refractivity contribution in [3.8, 4) is 5.69 Å². The van der Waals surface area contributed by atoms with Crippen LogP contribution in [0.1, 0.15) is 17.0 Å². The number of hydrogen-bond acceptors (Lipinski definition) is 3. The molecule has 5 nitrogen and oxygen atoms in total. The molecule has 0 saturated carbocycles. The van der Waals surface area contributed by atoms with Gasteiger partial charge in [-0.25, -0.2) is 0 Å². The summed E-state index contributed by atoms with van der Waals surface area (Å²) in [5, 5.41) is 0. The zero-order valence-corrected chi connectivity index (χ0v) is 17.1. The van der Waals surface area contributed by atoms with Gasteiger partial charge in [0.05, 0.1) is 6.61 Å². The molecule has 0 aliphatic carbocycles. The van der Waals surface area contributed by atoms with Crippen molar-refractivity contribution in [3.05, 3.63) is 59.4 Å². The van der Waals surface area contributed by atoms with Crippen molar-refractivity contribution in [2.45, 2.75) is 13.8 Å². The van der Waals surface area contributed by atoms with E-state index in [-0.39, 0.29) is 5.91 Å². The number of methoxy groups -OCH3 is 1. The summed E-state index contributed by atoms with van der Waals surface area (Å²) in [6.07, 6.45) is 3.59. The average molecular weight is 370 g/mol. The van der Waals surface area contributed by atoms with Crippen LogP contribution in [0.2, 0.25) is 0 Å². The normalized spacial score (nSPS) is 11.5. The molecule has 1 amide bonds. The fourth-order valence-electron chi connectivity index (χ4n) is 3.05. The molecule has 146 valence electrons. The van der Waals surface area contributed by atoms with Gasteiger partial charge >= 0.3 is 0 Å². The minimum atomic E-state index is 0.0124. The average Bonchev–Trinajstić information content (AvgIpc) is 2.93. The topological polar surface area (TPSA) is 37.7 Å². The van der Waals surface area contributed by atoms with Crippen LogP contribution in [0.15, 0.2) is 42.5 Å². The Morgan fingerprint density at radius 2 is 1.81 bits per heavy atom. The first kappa shape index (κ1) is 20.9. The van der Waals surface area contributed by atoms with E-state index in [0.717, 1.165) is 29.2 Å². The van der Waals surface area contributed by atoms with Crippen molar-refractivity contribution in [3.63, 3.8) is 0 Å². The number of nitrogens with zero attached hydrogens (tertiary/aromatic N) is 3. The maximum absolute atomic E-state index is 12.7. The van der Waals surface area contributed by atoms with Gasteiger partial charge in [-0.1, -0.05) is 18.2 Å². The number of benzene rings is 1. The Balaban J connectivity index is 2.17. The highest BCUT2D eigenvalue weighted by Crippen LogP contribution is 2.21. The summed E-state index contributed by atoms with van der Waals surface area (Å²) >= 11 is 0. The molecular weight excluding hydrogens is 338 g/mol. The highest BCUT2D eigenvalue weighted by Gasteiger charge is 2.12. The first-order chi connectivity index (χ1) is 12.9. The van der Waals surface area contributed by atoms with Gasteiger partial charge in [-0.05, 0) is 57.8 Å². The molecular formula is C22H31N3O2. The van der Waals surface area contributed by atoms with E-state index in [2.05, 4.69) is 41.5 Å². The summed E-state index contributed by atoms with van der Waals surface area (Å²) < 4.78 is 7.35. The molecule has 0 aliphatic heterocycles. The molecule has 27 heavy (non-hydrogen) atoms. The van der Waals surface area contributed by atoms with Gasteiger partial charge in [0.25, 0.3) is 0 Å². The first-order valence-electron chi connectivity index (χ1n) is 9.29. The zero-order chi connectivity index (χ0) is 19.8. The predicted molar refractivity (Wildman–Crippen MR) is 111 cm³/mol. The van der Waals surface area contributed by atoms with Gasteiger partial charge < -0.3 is 19.1 Å². The molecule has 1 heterocycles. The van der Waals surface area contributed by atoms with Crippen LogP contribution in [0, 0.1) is 13.8 Å². The predicted octanol–water partition coefficient (Wildman–Crippen LogP) is 3.14. The van der Waals surface area contributed by atoms with Gasteiger partial charge in [-0.15, -0.1) is 0 Å². The van der Waals surface area contributed by atoms with E-state index in [9.17, 15) is 4.79 Å². The lowest BCUT2D eigenvalue weighted by Gasteiger charge is -2.22. The summed E-state index contributed by atoms with van der Waals surface area (Å²) in [4.78, 5) is 16.6. The van der Waals surface area contributed by atoms with Gasteiger partial charge in [0, 0.05) is 49.9 Å². The van der Waals surface area contributed by atoms with Crippen molar-refractivity contribution in [2.75, 3.05) is 47.4 Å². The Kier molecular flexibility index (Phi) is 7.82. The summed E-state index contributed by atoms with van der Waals surface area (Å²) in [5.41, 5.74) is 4.46. The largest absolute Gasteiger partial charge is 0.383 e. The van der Waals surface area contributed by atoms with Crippen LogP contribution in [0.25, 0.3) is 11.8 Å². The van der Waals surface area contributed by atoms with Crippen LogP contribution >= 0.6 is 0 Å². The summed E-state index contributed by atoms with van der Waals surface area (Å²) in [5.74, 6) is 0.0124. The third kappa shape index (κ3) is 5.81. The van der Waals surface area contributed by atoms with Gasteiger partial charge in [-0.3, -0.25) is 4.79 Å². The number of likely N-dealkylation sites (N-methyl/N-ethyl adjacent to an activating group) is 1. The molecule has 1 aromatic carbocycles. The fourth-order valence-corrected chi connectivity index (χ4v) is 3.05. The van der Waals surface area contributed by atoms with Crippen molar-refractivity contribution < 1.29 is 9.53 Å². The lowest BCUT2D eigenvalue weighted by Crippen LogP contribution is -2.37. The molecule has 2 rings (SSSR count). The van der Waals surface area contributed by atoms with Crippen LogP contribution in [0.5, 0.6) is 0 Å². The Hall–Kier alpha value is -2.37. The molecule has 0 spiro atoms. The van der Waals surface area contributed by atoms with Gasteiger partial charge in [0.15, 0.2) is 0 Å². The van der Waals surface area contributed by atoms with Crippen LogP contribution < -0.4 is 0 Å². The van der Waals surface area contributed by atoms with Gasteiger partial charge in [-0.2, -0.15) is 0 Å². The maximum Gasteiger partial charge on any atom is 0.246 e. The molecule has 1 aromatic heterocycles. The maximum atomic E-state index is 12.7. The number of carbonyl (C=O) groups is 1. The first-order valence-corrected chi connectivity index (χ1v) is 9.29. The van der Waals surface area contributed by atoms with Crippen molar-refractivity contribution in [1.82, 2.24) is 14.4 Å². The van der Waals surface area contributed by atoms with Crippen molar-refractivity contribution >= 4 is 12.0 Å². The Bertz CT molecular complexity index is 763. The molecule has 0 fully saturated rings. The monoisotopic (exact) mass is 369 g/mol. The summed E-state index contributed by atoms with van der Waals surface area (Å²) in [7, 11) is 5.67. The van der Waals surface area contributed by atoms with Crippen molar-refractivity contribution in [1.29, 1.82) is 0 Å². The molecule has 0 aliphatic rings. The SMILES string of the molecule is COCCN(CCN(C)C)C(=O)/C=C/c1cc(C)n(-c2ccccc2)c1C. The van der Waals surface area contributed by atoms with E-state index >= 15 is 0 Å². The van der Waals surface area contributed by atoms with E-state index in [1.807, 2.05) is 43.3 Å². The number of hydrogen-bond donors (Lipinski definition) is 0. The van der Waals surface area contributed by atoms with Crippen LogP contribution in [0.4, 0.5) is 0 Å². The highest BCUT2D eigenvalue weighted by atomic mass is 16.5. The minimum absolute atomic E-state index is 0.0124. The Morgan fingerprint density at radius 1 is 1.11 bits per heavy atom. The lowest BCUT2D eigenvalue weighted by molar-refractivity contribution is -0.126. The number of ether oxygens (including phenoxy) is 1. The standard InChI is InChI=1S/C22H31N3O2/c1-18-17-20(19(2)25(18)21-9-7-6-8-10-21)11-12-22(26)24(15-16-27-5)14-13-23(3)4/h6-12,17H,13-16H2,1-5H3/b12-11+. The molecule has 0 unspecified atom stereocenters. The van der Waals surface area contributed by atoms with Crippen molar-refractivity contribution in [2.24, 2.45) is 0 Å². The molecule has 0 radical (unpaired) electrons. The number of aromatic nitrogens is 1. The van der Waals surface area contributed by atoms with Crippen LogP contribution in [-0.4, -0.2) is 67.7 Å². The fraction of sp³-hybridized carbons (Fsp3) is 0.409. The molecule has 0 saturated heterocycles. The van der Waals surface area contributed by atoms with E-state index in [0.29, 0.717) is 19.7 Å². The second kappa shape index (κ2) is 10.1. The quantitative estimate of drug-likeness (QED) is 0.637. The second-order valence-corrected chi connectivity index (χ2v) is 6.95. The number of amides is 1. The van der Waals surface area contributed by atoms with Crippen LogP contribution in [0.3, 0.4) is 0 Å².